The van der Waals surface area contributed by atoms with Crippen molar-refractivity contribution in [3.8, 4) is 0 Å². The van der Waals surface area contributed by atoms with Crippen molar-refractivity contribution in [2.75, 3.05) is 13.1 Å². The Hall–Kier alpha value is -3.16. The molecule has 0 radical (unpaired) electrons. The largest absolute Gasteiger partial charge is 0.308 e. The minimum atomic E-state index is 0.340. The standard InChI is InChI=1S/C29H28N/c1-5-13-24(14-6-1)21-30(22-28(23-30)25-15-7-2-8-16-25)29(26-17-9-3-10-18-26)27-19-11-4-12-20-27/h1-20,28-29H,21-23H2/q+1. The van der Waals surface area contributed by atoms with Crippen LogP contribution in [-0.4, -0.2) is 17.6 Å². The Morgan fingerprint density at radius 3 is 1.50 bits per heavy atom. The lowest BCUT2D eigenvalue weighted by molar-refractivity contribution is -1.00. The van der Waals surface area contributed by atoms with Gasteiger partial charge in [-0.2, -0.15) is 0 Å². The molecule has 1 nitrogen and oxygen atoms in total. The molecule has 0 spiro atoms. The van der Waals surface area contributed by atoms with Crippen molar-refractivity contribution in [2.45, 2.75) is 18.5 Å². The number of benzene rings is 4. The van der Waals surface area contributed by atoms with Gasteiger partial charge in [-0.05, 0) is 5.56 Å². The highest BCUT2D eigenvalue weighted by Gasteiger charge is 2.50. The molecule has 1 aliphatic heterocycles. The average Bonchev–Trinajstić information content (AvgIpc) is 2.80. The van der Waals surface area contributed by atoms with Gasteiger partial charge in [0.25, 0.3) is 0 Å². The second-order valence-electron chi connectivity index (χ2n) is 8.56. The number of quaternary nitrogens is 1. The van der Waals surface area contributed by atoms with Gasteiger partial charge in [0.15, 0.2) is 0 Å². The molecule has 0 unspecified atom stereocenters. The molecule has 5 rings (SSSR count). The molecule has 4 aromatic rings. The summed E-state index contributed by atoms with van der Waals surface area (Å²) in [6.07, 6.45) is 0. The lowest BCUT2D eigenvalue weighted by atomic mass is 9.82. The fourth-order valence-electron chi connectivity index (χ4n) is 5.23. The van der Waals surface area contributed by atoms with Crippen LogP contribution < -0.4 is 0 Å². The monoisotopic (exact) mass is 390 g/mol. The molecule has 1 heterocycles. The van der Waals surface area contributed by atoms with Crippen molar-refractivity contribution < 1.29 is 4.48 Å². The molecule has 1 fully saturated rings. The second-order valence-corrected chi connectivity index (χ2v) is 8.56. The van der Waals surface area contributed by atoms with Gasteiger partial charge >= 0.3 is 0 Å². The number of rotatable bonds is 6. The highest BCUT2D eigenvalue weighted by molar-refractivity contribution is 5.31. The van der Waals surface area contributed by atoms with Crippen LogP contribution in [0.5, 0.6) is 0 Å². The third-order valence-corrected chi connectivity index (χ3v) is 6.56. The quantitative estimate of drug-likeness (QED) is 0.326. The van der Waals surface area contributed by atoms with Crippen LogP contribution in [0.1, 0.15) is 34.2 Å². The maximum absolute atomic E-state index is 2.30. The van der Waals surface area contributed by atoms with E-state index < -0.39 is 0 Å². The van der Waals surface area contributed by atoms with E-state index >= 15 is 0 Å². The molecule has 30 heavy (non-hydrogen) atoms. The first-order valence-electron chi connectivity index (χ1n) is 10.9. The third kappa shape index (κ3) is 3.69. The van der Waals surface area contributed by atoms with Crippen molar-refractivity contribution in [2.24, 2.45) is 0 Å². The van der Waals surface area contributed by atoms with Crippen LogP contribution in [0.2, 0.25) is 0 Å². The lowest BCUT2D eigenvalue weighted by Gasteiger charge is -2.55. The van der Waals surface area contributed by atoms with Gasteiger partial charge in [0.2, 0.25) is 0 Å². The molecule has 0 bridgehead atoms. The van der Waals surface area contributed by atoms with Crippen molar-refractivity contribution in [1.82, 2.24) is 0 Å². The van der Waals surface area contributed by atoms with Crippen LogP contribution in [0.15, 0.2) is 121 Å². The van der Waals surface area contributed by atoms with E-state index in [1.807, 2.05) is 0 Å². The summed E-state index contributed by atoms with van der Waals surface area (Å²) in [4.78, 5) is 0. The molecular weight excluding hydrogens is 362 g/mol. The number of likely N-dealkylation sites (tertiary alicyclic amines) is 1. The summed E-state index contributed by atoms with van der Waals surface area (Å²) in [6, 6.07) is 44.6. The maximum atomic E-state index is 2.30. The van der Waals surface area contributed by atoms with Crippen LogP contribution in [0, 0.1) is 0 Å². The first-order chi connectivity index (χ1) is 14.8. The zero-order valence-electron chi connectivity index (χ0n) is 17.3. The number of hydrogen-bond donors (Lipinski definition) is 0. The highest BCUT2D eigenvalue weighted by Crippen LogP contribution is 2.46. The molecule has 1 heteroatoms. The first kappa shape index (κ1) is 18.8. The summed E-state index contributed by atoms with van der Waals surface area (Å²) in [5.74, 6) is 0.616. The van der Waals surface area contributed by atoms with Gasteiger partial charge in [0.1, 0.15) is 12.6 Å². The Balaban J connectivity index is 1.57. The molecule has 0 N–H and O–H groups in total. The van der Waals surface area contributed by atoms with Gasteiger partial charge in [0.05, 0.1) is 19.0 Å². The van der Waals surface area contributed by atoms with Crippen LogP contribution in [0.3, 0.4) is 0 Å². The van der Waals surface area contributed by atoms with Gasteiger partial charge in [0, 0.05) is 16.7 Å². The summed E-state index contributed by atoms with van der Waals surface area (Å²) in [5.41, 5.74) is 5.71. The minimum absolute atomic E-state index is 0.340. The first-order valence-corrected chi connectivity index (χ1v) is 10.9. The smallest absolute Gasteiger partial charge is 0.141 e. The molecule has 0 aromatic heterocycles. The van der Waals surface area contributed by atoms with E-state index in [4.69, 9.17) is 0 Å². The van der Waals surface area contributed by atoms with Gasteiger partial charge in [-0.25, -0.2) is 0 Å². The van der Waals surface area contributed by atoms with Crippen molar-refractivity contribution >= 4 is 0 Å². The molecule has 0 atom stereocenters. The van der Waals surface area contributed by atoms with Crippen LogP contribution in [0.25, 0.3) is 0 Å². The molecule has 0 aliphatic carbocycles. The molecule has 148 valence electrons. The highest BCUT2D eigenvalue weighted by atomic mass is 15.4. The van der Waals surface area contributed by atoms with Gasteiger partial charge in [-0.3, -0.25) is 0 Å². The van der Waals surface area contributed by atoms with Gasteiger partial charge in [-0.1, -0.05) is 121 Å². The molecular formula is C29H28N+. The van der Waals surface area contributed by atoms with Gasteiger partial charge in [-0.15, -0.1) is 0 Å². The average molecular weight is 391 g/mol. The molecule has 0 saturated carbocycles. The van der Waals surface area contributed by atoms with Crippen LogP contribution in [0.4, 0.5) is 0 Å². The summed E-state index contributed by atoms with van der Waals surface area (Å²) in [5, 5.41) is 0. The normalized spacial score (nSPS) is 20.6. The number of hydrogen-bond acceptors (Lipinski definition) is 0. The summed E-state index contributed by atoms with van der Waals surface area (Å²) < 4.78 is 1.07. The summed E-state index contributed by atoms with van der Waals surface area (Å²) in [7, 11) is 0. The predicted octanol–water partition coefficient (Wildman–Crippen LogP) is 6.59. The van der Waals surface area contributed by atoms with Crippen molar-refractivity contribution in [1.29, 1.82) is 0 Å². The Kier molecular flexibility index (Phi) is 5.21. The predicted molar refractivity (Wildman–Crippen MR) is 124 cm³/mol. The van der Waals surface area contributed by atoms with Crippen LogP contribution in [-0.2, 0) is 6.54 Å². The van der Waals surface area contributed by atoms with E-state index in [1.54, 1.807) is 0 Å². The van der Waals surface area contributed by atoms with Crippen LogP contribution >= 0.6 is 0 Å². The zero-order chi connectivity index (χ0) is 20.2. The zero-order valence-corrected chi connectivity index (χ0v) is 17.3. The van der Waals surface area contributed by atoms with Crippen molar-refractivity contribution in [3.63, 3.8) is 0 Å². The Morgan fingerprint density at radius 2 is 1.00 bits per heavy atom. The third-order valence-electron chi connectivity index (χ3n) is 6.56. The minimum Gasteiger partial charge on any atom is -0.308 e. The SMILES string of the molecule is c1ccc(C[N+]2(C(c3ccccc3)c3ccccc3)CC(c3ccccc3)C2)cc1. The van der Waals surface area contributed by atoms with E-state index in [-0.39, 0.29) is 0 Å². The molecule has 1 saturated heterocycles. The Bertz CT molecular complexity index is 1010. The summed E-state index contributed by atoms with van der Waals surface area (Å²) in [6.45, 7) is 3.37. The molecule has 4 aromatic carbocycles. The summed E-state index contributed by atoms with van der Waals surface area (Å²) >= 11 is 0. The Morgan fingerprint density at radius 1 is 0.567 bits per heavy atom. The number of nitrogens with zero attached hydrogens (tertiary/aromatic N) is 1. The fraction of sp³-hybridized carbons (Fsp3) is 0.172. The molecule has 1 aliphatic rings. The van der Waals surface area contributed by atoms with E-state index in [9.17, 15) is 0 Å². The van der Waals surface area contributed by atoms with Gasteiger partial charge < -0.3 is 4.48 Å². The maximum Gasteiger partial charge on any atom is 0.141 e. The second kappa shape index (κ2) is 8.30. The lowest BCUT2D eigenvalue weighted by Crippen LogP contribution is -2.63. The Labute approximate surface area is 179 Å². The van der Waals surface area contributed by atoms with E-state index in [0.29, 0.717) is 12.0 Å². The van der Waals surface area contributed by atoms with E-state index in [1.165, 1.54) is 22.3 Å². The molecule has 0 amide bonds. The van der Waals surface area contributed by atoms with E-state index in [2.05, 4.69) is 121 Å². The fourth-order valence-corrected chi connectivity index (χ4v) is 5.23. The van der Waals surface area contributed by atoms with E-state index in [0.717, 1.165) is 24.1 Å². The topological polar surface area (TPSA) is 0 Å². The van der Waals surface area contributed by atoms with Crippen molar-refractivity contribution in [3.05, 3.63) is 144 Å².